The summed E-state index contributed by atoms with van der Waals surface area (Å²) in [7, 11) is -6.66. The Morgan fingerprint density at radius 1 is 1.06 bits per heavy atom. The number of nitrogens with zero attached hydrogens (tertiary/aromatic N) is 2. The summed E-state index contributed by atoms with van der Waals surface area (Å²) in [5.74, 6) is -0.568. The summed E-state index contributed by atoms with van der Waals surface area (Å²) >= 11 is 0. The lowest BCUT2D eigenvalue weighted by Gasteiger charge is -2.37. The largest absolute Gasteiger partial charge is 0.465 e. The minimum atomic E-state index is -4.62. The molecule has 8 nitrogen and oxygen atoms in total. The van der Waals surface area contributed by atoms with Crippen molar-refractivity contribution < 1.29 is 39.5 Å². The third-order valence-corrected chi connectivity index (χ3v) is 8.92. The summed E-state index contributed by atoms with van der Waals surface area (Å²) < 4.78 is 97.2. The summed E-state index contributed by atoms with van der Waals surface area (Å²) in [6.07, 6.45) is -2.80. The van der Waals surface area contributed by atoms with Crippen molar-refractivity contribution in [1.82, 2.24) is 8.61 Å². The van der Waals surface area contributed by atoms with Crippen LogP contribution < -0.4 is 0 Å². The molecule has 0 bridgehead atoms. The van der Waals surface area contributed by atoms with Crippen LogP contribution in [-0.4, -0.2) is 63.9 Å². The van der Waals surface area contributed by atoms with Crippen LogP contribution in [0, 0.1) is 0 Å². The Balaban J connectivity index is 1.99. The monoisotopic (exact) mass is 534 g/mol. The number of benzene rings is 2. The quantitative estimate of drug-likeness (QED) is 0.506. The molecule has 0 aromatic heterocycles. The molecule has 13 heteroatoms. The number of esters is 1. The van der Waals surface area contributed by atoms with E-state index in [1.54, 1.807) is 12.1 Å². The molecule has 1 heterocycles. The number of halogens is 3. The zero-order valence-electron chi connectivity index (χ0n) is 19.0. The van der Waals surface area contributed by atoms with E-state index >= 15 is 0 Å². The van der Waals surface area contributed by atoms with Crippen molar-refractivity contribution in [3.05, 3.63) is 65.2 Å². The van der Waals surface area contributed by atoms with Gasteiger partial charge in [-0.3, -0.25) is 0 Å². The van der Waals surface area contributed by atoms with E-state index in [1.807, 2.05) is 0 Å². The Hall–Kier alpha value is -2.48. The van der Waals surface area contributed by atoms with E-state index in [4.69, 9.17) is 0 Å². The first-order valence-corrected chi connectivity index (χ1v) is 13.8. The van der Waals surface area contributed by atoms with E-state index in [9.17, 15) is 34.8 Å². The van der Waals surface area contributed by atoms with Gasteiger partial charge < -0.3 is 4.74 Å². The maximum Gasteiger partial charge on any atom is 0.416 e. The molecule has 0 radical (unpaired) electrons. The number of sulfonamides is 2. The zero-order chi connectivity index (χ0) is 26.0. The molecule has 35 heavy (non-hydrogen) atoms. The SMILES string of the molecule is COC(=O)c1ccc(CN(C2CCCN(S(C)(=O)=O)C2)S(=O)(=O)c2ccc(C(F)(F)F)cc2)cc1. The average molecular weight is 535 g/mol. The molecular formula is C22H25F3N2O6S2. The van der Waals surface area contributed by atoms with Crippen LogP contribution in [0.5, 0.6) is 0 Å². The number of alkyl halides is 3. The first-order valence-electron chi connectivity index (χ1n) is 10.5. The molecule has 1 aliphatic heterocycles. The Bertz CT molecular complexity index is 1260. The van der Waals surface area contributed by atoms with E-state index < -0.39 is 43.8 Å². The smallest absolute Gasteiger partial charge is 0.416 e. The van der Waals surface area contributed by atoms with Crippen LogP contribution >= 0.6 is 0 Å². The predicted molar refractivity (Wildman–Crippen MR) is 121 cm³/mol. The first-order chi connectivity index (χ1) is 16.2. The second-order valence-corrected chi connectivity index (χ2v) is 12.1. The molecule has 1 saturated heterocycles. The van der Waals surface area contributed by atoms with Gasteiger partial charge in [0.25, 0.3) is 0 Å². The van der Waals surface area contributed by atoms with Crippen molar-refractivity contribution in [3.8, 4) is 0 Å². The summed E-state index contributed by atoms with van der Waals surface area (Å²) in [5, 5.41) is 0. The van der Waals surface area contributed by atoms with Gasteiger partial charge in [0.2, 0.25) is 20.0 Å². The Morgan fingerprint density at radius 2 is 1.66 bits per heavy atom. The zero-order valence-corrected chi connectivity index (χ0v) is 20.7. The molecule has 2 aromatic rings. The van der Waals surface area contributed by atoms with Gasteiger partial charge in [-0.2, -0.15) is 17.5 Å². The Morgan fingerprint density at radius 3 is 2.17 bits per heavy atom. The summed E-state index contributed by atoms with van der Waals surface area (Å²) in [5.41, 5.74) is -0.221. The van der Waals surface area contributed by atoms with Gasteiger partial charge in [0.05, 0.1) is 29.4 Å². The molecule has 192 valence electrons. The molecule has 0 amide bonds. The number of ether oxygens (including phenoxy) is 1. The van der Waals surface area contributed by atoms with Crippen molar-refractivity contribution >= 4 is 26.0 Å². The van der Waals surface area contributed by atoms with Crippen LogP contribution in [-0.2, 0) is 37.5 Å². The van der Waals surface area contributed by atoms with E-state index in [1.165, 1.54) is 23.5 Å². The highest BCUT2D eigenvalue weighted by molar-refractivity contribution is 7.89. The van der Waals surface area contributed by atoms with E-state index in [2.05, 4.69) is 4.74 Å². The second kappa shape index (κ2) is 10.2. The number of methoxy groups -OCH3 is 1. The van der Waals surface area contributed by atoms with Crippen molar-refractivity contribution in [3.63, 3.8) is 0 Å². The van der Waals surface area contributed by atoms with Crippen LogP contribution in [0.25, 0.3) is 0 Å². The van der Waals surface area contributed by atoms with Crippen molar-refractivity contribution in [2.24, 2.45) is 0 Å². The fraction of sp³-hybridized carbons (Fsp3) is 0.409. The third kappa shape index (κ3) is 6.40. The third-order valence-electron chi connectivity index (χ3n) is 5.74. The van der Waals surface area contributed by atoms with Gasteiger partial charge in [-0.25, -0.2) is 25.9 Å². The van der Waals surface area contributed by atoms with Gasteiger partial charge in [-0.05, 0) is 54.8 Å². The summed E-state index contributed by atoms with van der Waals surface area (Å²) in [6.45, 7) is -0.0106. The van der Waals surface area contributed by atoms with Crippen molar-refractivity contribution in [2.45, 2.75) is 36.5 Å². The number of piperidine rings is 1. The maximum atomic E-state index is 13.6. The van der Waals surface area contributed by atoms with Crippen LogP contribution in [0.3, 0.4) is 0 Å². The van der Waals surface area contributed by atoms with Gasteiger partial charge in [-0.15, -0.1) is 0 Å². The summed E-state index contributed by atoms with van der Waals surface area (Å²) in [4.78, 5) is 11.4. The molecule has 3 rings (SSSR count). The van der Waals surface area contributed by atoms with E-state index in [0.717, 1.165) is 22.7 Å². The predicted octanol–water partition coefficient (Wildman–Crippen LogP) is 3.11. The van der Waals surface area contributed by atoms with E-state index in [-0.39, 0.29) is 30.1 Å². The standard InChI is InChI=1S/C22H25F3N2O6S2/c1-33-21(28)17-7-5-16(6-8-17)14-27(19-4-3-13-26(15-19)34(2,29)30)35(31,32)20-11-9-18(10-12-20)22(23,24)25/h5-12,19H,3-4,13-15H2,1-2H3. The van der Waals surface area contributed by atoms with Crippen LogP contribution in [0.4, 0.5) is 13.2 Å². The Kier molecular flexibility index (Phi) is 7.94. The van der Waals surface area contributed by atoms with Crippen LogP contribution in [0.2, 0.25) is 0 Å². The highest BCUT2D eigenvalue weighted by Crippen LogP contribution is 2.32. The first kappa shape index (κ1) is 27.1. The van der Waals surface area contributed by atoms with Gasteiger partial charge in [0.1, 0.15) is 0 Å². The molecular weight excluding hydrogens is 509 g/mol. The second-order valence-electron chi connectivity index (χ2n) is 8.18. The fourth-order valence-corrected chi connectivity index (χ4v) is 6.40. The molecule has 1 atom stereocenters. The minimum Gasteiger partial charge on any atom is -0.465 e. The number of hydrogen-bond acceptors (Lipinski definition) is 6. The lowest BCUT2D eigenvalue weighted by molar-refractivity contribution is -0.137. The van der Waals surface area contributed by atoms with Gasteiger partial charge >= 0.3 is 12.1 Å². The average Bonchev–Trinajstić information content (AvgIpc) is 2.81. The van der Waals surface area contributed by atoms with Crippen LogP contribution in [0.15, 0.2) is 53.4 Å². The number of carbonyl (C=O) groups is 1. The van der Waals surface area contributed by atoms with E-state index in [0.29, 0.717) is 30.5 Å². The van der Waals surface area contributed by atoms with Crippen molar-refractivity contribution in [1.29, 1.82) is 0 Å². The normalized spacial score (nSPS) is 17.9. The molecule has 2 aromatic carbocycles. The number of carbonyl (C=O) groups excluding carboxylic acids is 1. The highest BCUT2D eigenvalue weighted by atomic mass is 32.2. The van der Waals surface area contributed by atoms with Crippen molar-refractivity contribution in [2.75, 3.05) is 26.5 Å². The topological polar surface area (TPSA) is 101 Å². The molecule has 0 aliphatic carbocycles. The number of rotatable bonds is 7. The van der Waals surface area contributed by atoms with Crippen LogP contribution in [0.1, 0.15) is 34.3 Å². The summed E-state index contributed by atoms with van der Waals surface area (Å²) in [6, 6.07) is 8.44. The lowest BCUT2D eigenvalue weighted by Crippen LogP contribution is -2.51. The van der Waals surface area contributed by atoms with Gasteiger partial charge in [0.15, 0.2) is 0 Å². The lowest BCUT2D eigenvalue weighted by atomic mass is 10.1. The number of hydrogen-bond donors (Lipinski definition) is 0. The molecule has 0 N–H and O–H groups in total. The maximum absolute atomic E-state index is 13.6. The van der Waals surface area contributed by atoms with Gasteiger partial charge in [0, 0.05) is 25.7 Å². The molecule has 1 aliphatic rings. The molecule has 0 saturated carbocycles. The fourth-order valence-electron chi connectivity index (χ4n) is 3.86. The van der Waals surface area contributed by atoms with Gasteiger partial charge in [-0.1, -0.05) is 12.1 Å². The molecule has 1 unspecified atom stereocenters. The Labute approximate surface area is 202 Å². The molecule has 1 fully saturated rings. The molecule has 0 spiro atoms. The minimum absolute atomic E-state index is 0.0844. The highest BCUT2D eigenvalue weighted by Gasteiger charge is 2.37.